The van der Waals surface area contributed by atoms with E-state index in [2.05, 4.69) is 31.2 Å². The molecular weight excluding hydrogens is 309 g/mol. The van der Waals surface area contributed by atoms with E-state index in [1.807, 2.05) is 13.8 Å². The molecule has 1 aliphatic rings. The number of nitrogens with zero attached hydrogens (tertiary/aromatic N) is 1. The molecule has 0 saturated heterocycles. The van der Waals surface area contributed by atoms with Crippen LogP contribution >= 0.6 is 24.8 Å². The van der Waals surface area contributed by atoms with Crippen LogP contribution in [-0.2, 0) is 4.79 Å². The molecule has 21 heavy (non-hydrogen) atoms. The Bertz CT molecular complexity index is 324. The molecule has 0 radical (unpaired) electrons. The van der Waals surface area contributed by atoms with Crippen molar-refractivity contribution in [3.05, 3.63) is 0 Å². The van der Waals surface area contributed by atoms with Crippen molar-refractivity contribution in [2.45, 2.75) is 52.0 Å². The van der Waals surface area contributed by atoms with Gasteiger partial charge in [-0.2, -0.15) is 0 Å². The lowest BCUT2D eigenvalue weighted by atomic mass is 9.75. The minimum absolute atomic E-state index is 0. The van der Waals surface area contributed by atoms with Gasteiger partial charge in [0.2, 0.25) is 5.91 Å². The fourth-order valence-corrected chi connectivity index (χ4v) is 2.93. The largest absolute Gasteiger partial charge is 0.354 e. The smallest absolute Gasteiger partial charge is 0.226 e. The van der Waals surface area contributed by atoms with Crippen LogP contribution < -0.4 is 11.1 Å². The van der Waals surface area contributed by atoms with E-state index in [0.29, 0.717) is 6.54 Å². The molecule has 3 N–H and O–H groups in total. The van der Waals surface area contributed by atoms with Crippen molar-refractivity contribution in [1.29, 1.82) is 0 Å². The van der Waals surface area contributed by atoms with Crippen LogP contribution in [0, 0.1) is 11.3 Å². The van der Waals surface area contributed by atoms with Crippen LogP contribution in [0.5, 0.6) is 0 Å². The number of likely N-dealkylation sites (N-methyl/N-ethyl adjacent to an activating group) is 1. The van der Waals surface area contributed by atoms with Crippen LogP contribution in [0.25, 0.3) is 0 Å². The first-order chi connectivity index (χ1) is 8.73. The van der Waals surface area contributed by atoms with E-state index >= 15 is 0 Å². The maximum atomic E-state index is 12.2. The summed E-state index contributed by atoms with van der Waals surface area (Å²) in [5, 5.41) is 3.13. The molecule has 0 spiro atoms. The van der Waals surface area contributed by atoms with Gasteiger partial charge in [0.1, 0.15) is 0 Å². The summed E-state index contributed by atoms with van der Waals surface area (Å²) in [5.74, 6) is 0.796. The molecule has 4 nitrogen and oxygen atoms in total. The molecule has 128 valence electrons. The van der Waals surface area contributed by atoms with E-state index in [-0.39, 0.29) is 36.3 Å². The van der Waals surface area contributed by atoms with Crippen molar-refractivity contribution in [2.75, 3.05) is 27.2 Å². The Morgan fingerprint density at radius 2 is 1.95 bits per heavy atom. The number of nitrogens with two attached hydrogens (primary N) is 1. The first kappa shape index (κ1) is 23.2. The van der Waals surface area contributed by atoms with E-state index in [0.717, 1.165) is 25.3 Å². The van der Waals surface area contributed by atoms with Crippen molar-refractivity contribution in [3.8, 4) is 0 Å². The monoisotopic (exact) mass is 341 g/mol. The second-order valence-corrected chi connectivity index (χ2v) is 7.09. The molecule has 1 amide bonds. The van der Waals surface area contributed by atoms with Crippen LogP contribution in [0.15, 0.2) is 0 Å². The van der Waals surface area contributed by atoms with E-state index in [9.17, 15) is 4.79 Å². The highest BCUT2D eigenvalue weighted by molar-refractivity contribution is 5.85. The summed E-state index contributed by atoms with van der Waals surface area (Å²) in [7, 11) is 4.25. The van der Waals surface area contributed by atoms with Crippen molar-refractivity contribution in [3.63, 3.8) is 0 Å². The van der Waals surface area contributed by atoms with Crippen LogP contribution in [0.2, 0.25) is 0 Å². The average molecular weight is 342 g/mol. The molecule has 6 heteroatoms. The molecule has 0 bridgehead atoms. The molecular formula is C15H33Cl2N3O. The number of hydrogen-bond acceptors (Lipinski definition) is 3. The van der Waals surface area contributed by atoms with Gasteiger partial charge in [0.05, 0.1) is 5.41 Å². The van der Waals surface area contributed by atoms with Gasteiger partial charge in [-0.1, -0.05) is 19.8 Å². The zero-order valence-corrected chi connectivity index (χ0v) is 15.7. The molecule has 0 aromatic rings. The highest BCUT2D eigenvalue weighted by Crippen LogP contribution is 2.35. The maximum absolute atomic E-state index is 12.2. The number of nitrogens with one attached hydrogen (secondary N) is 1. The van der Waals surface area contributed by atoms with Gasteiger partial charge in [0.15, 0.2) is 0 Å². The minimum atomic E-state index is -0.478. The Hall–Kier alpha value is -0.0300. The third-order valence-corrected chi connectivity index (χ3v) is 4.72. The summed E-state index contributed by atoms with van der Waals surface area (Å²) in [4.78, 5) is 14.5. The lowest BCUT2D eigenvalue weighted by Crippen LogP contribution is -2.56. The first-order valence-electron chi connectivity index (χ1n) is 7.39. The Balaban J connectivity index is 0. The second kappa shape index (κ2) is 9.19. The van der Waals surface area contributed by atoms with Crippen molar-refractivity contribution >= 4 is 30.7 Å². The summed E-state index contributed by atoms with van der Waals surface area (Å²) < 4.78 is 0. The highest BCUT2D eigenvalue weighted by Gasteiger charge is 2.38. The SMILES string of the molecule is CC1CCCC(CNC(=O)C(C)(C)CN)(N(C)C)C1.Cl.Cl. The van der Waals surface area contributed by atoms with Crippen LogP contribution in [0.3, 0.4) is 0 Å². The molecule has 1 fully saturated rings. The minimum Gasteiger partial charge on any atom is -0.354 e. The van der Waals surface area contributed by atoms with Crippen LogP contribution in [0.4, 0.5) is 0 Å². The zero-order valence-electron chi connectivity index (χ0n) is 14.1. The molecule has 1 saturated carbocycles. The van der Waals surface area contributed by atoms with Crippen molar-refractivity contribution in [2.24, 2.45) is 17.1 Å². The third-order valence-electron chi connectivity index (χ3n) is 4.72. The van der Waals surface area contributed by atoms with Gasteiger partial charge in [0, 0.05) is 18.6 Å². The fraction of sp³-hybridized carbons (Fsp3) is 0.933. The molecule has 2 unspecified atom stereocenters. The van der Waals surface area contributed by atoms with Crippen molar-refractivity contribution < 1.29 is 4.79 Å². The predicted octanol–water partition coefficient (Wildman–Crippen LogP) is 2.44. The summed E-state index contributed by atoms with van der Waals surface area (Å²) in [6, 6.07) is 0. The molecule has 0 heterocycles. The van der Waals surface area contributed by atoms with Gasteiger partial charge in [-0.25, -0.2) is 0 Å². The second-order valence-electron chi connectivity index (χ2n) is 7.09. The van der Waals surface area contributed by atoms with E-state index in [4.69, 9.17) is 5.73 Å². The Morgan fingerprint density at radius 1 is 1.38 bits per heavy atom. The summed E-state index contributed by atoms with van der Waals surface area (Å²) in [6.45, 7) is 7.21. The number of carbonyl (C=O) groups is 1. The highest BCUT2D eigenvalue weighted by atomic mass is 35.5. The van der Waals surface area contributed by atoms with Gasteiger partial charge in [-0.15, -0.1) is 24.8 Å². The predicted molar refractivity (Wildman–Crippen MR) is 94.4 cm³/mol. The number of carbonyl (C=O) groups excluding carboxylic acids is 1. The topological polar surface area (TPSA) is 58.4 Å². The summed E-state index contributed by atoms with van der Waals surface area (Å²) >= 11 is 0. The Kier molecular flexibility index (Phi) is 10.2. The van der Waals surface area contributed by atoms with E-state index in [1.54, 1.807) is 0 Å². The maximum Gasteiger partial charge on any atom is 0.226 e. The van der Waals surface area contributed by atoms with Gasteiger partial charge in [-0.3, -0.25) is 4.79 Å². The molecule has 0 aromatic heterocycles. The van der Waals surface area contributed by atoms with Crippen LogP contribution in [-0.4, -0.2) is 43.5 Å². The third kappa shape index (κ3) is 5.93. The molecule has 0 aliphatic heterocycles. The molecule has 0 aromatic carbocycles. The van der Waals surface area contributed by atoms with Gasteiger partial charge in [-0.05, 0) is 46.7 Å². The summed E-state index contributed by atoms with van der Waals surface area (Å²) in [5.41, 5.74) is 5.29. The van der Waals surface area contributed by atoms with Gasteiger partial charge < -0.3 is 16.0 Å². The number of halogens is 2. The standard InChI is InChI=1S/C15H31N3O.2ClH/c1-12-7-6-8-15(9-12,18(4)5)11-17-13(19)14(2,3)10-16;;/h12H,6-11,16H2,1-5H3,(H,17,19);2*1H. The van der Waals surface area contributed by atoms with Crippen molar-refractivity contribution in [1.82, 2.24) is 10.2 Å². The number of amides is 1. The van der Waals surface area contributed by atoms with E-state index in [1.165, 1.54) is 12.8 Å². The molecule has 2 atom stereocenters. The van der Waals surface area contributed by atoms with Gasteiger partial charge >= 0.3 is 0 Å². The quantitative estimate of drug-likeness (QED) is 0.807. The summed E-state index contributed by atoms with van der Waals surface area (Å²) in [6.07, 6.45) is 4.87. The number of rotatable bonds is 5. The normalized spacial score (nSPS) is 25.8. The average Bonchev–Trinajstić information content (AvgIpc) is 2.35. The lowest BCUT2D eigenvalue weighted by Gasteiger charge is -2.45. The zero-order chi connectivity index (χ0) is 14.7. The Labute approximate surface area is 142 Å². The molecule has 1 aliphatic carbocycles. The van der Waals surface area contributed by atoms with Crippen LogP contribution in [0.1, 0.15) is 46.5 Å². The lowest BCUT2D eigenvalue weighted by molar-refractivity contribution is -0.129. The van der Waals surface area contributed by atoms with E-state index < -0.39 is 5.41 Å². The van der Waals surface area contributed by atoms with Gasteiger partial charge in [0.25, 0.3) is 0 Å². The molecule has 1 rings (SSSR count). The fourth-order valence-electron chi connectivity index (χ4n) is 2.93. The number of hydrogen-bond donors (Lipinski definition) is 2. The first-order valence-corrected chi connectivity index (χ1v) is 7.39. The Morgan fingerprint density at radius 3 is 2.38 bits per heavy atom.